The molecule has 0 saturated carbocycles. The summed E-state index contributed by atoms with van der Waals surface area (Å²) in [6.45, 7) is 9.09. The second kappa shape index (κ2) is 13.0. The second-order valence-electron chi connectivity index (χ2n) is 4.74. The van der Waals surface area contributed by atoms with Gasteiger partial charge in [-0.15, -0.1) is 24.8 Å². The van der Waals surface area contributed by atoms with Crippen molar-refractivity contribution in [2.45, 2.75) is 45.6 Å². The van der Waals surface area contributed by atoms with Gasteiger partial charge in [0.2, 0.25) is 5.91 Å². The first-order valence-electron chi connectivity index (χ1n) is 7.02. The van der Waals surface area contributed by atoms with Crippen LogP contribution in [0.5, 0.6) is 0 Å². The van der Waals surface area contributed by atoms with Gasteiger partial charge in [-0.3, -0.25) is 9.69 Å². The maximum absolute atomic E-state index is 12.0. The second-order valence-corrected chi connectivity index (χ2v) is 4.74. The van der Waals surface area contributed by atoms with Crippen molar-refractivity contribution in [3.05, 3.63) is 0 Å². The lowest BCUT2D eigenvalue weighted by Crippen LogP contribution is -2.45. The molecule has 0 aromatic carbocycles. The van der Waals surface area contributed by atoms with Crippen molar-refractivity contribution in [2.24, 2.45) is 0 Å². The van der Waals surface area contributed by atoms with Crippen LogP contribution in [-0.2, 0) is 4.79 Å². The Morgan fingerprint density at radius 2 is 1.89 bits per heavy atom. The van der Waals surface area contributed by atoms with Gasteiger partial charge in [-0.05, 0) is 45.3 Å². The van der Waals surface area contributed by atoms with Crippen LogP contribution in [-0.4, -0.2) is 49.6 Å². The van der Waals surface area contributed by atoms with Crippen molar-refractivity contribution in [3.8, 4) is 0 Å². The predicted molar refractivity (Wildman–Crippen MR) is 85.6 cm³/mol. The summed E-state index contributed by atoms with van der Waals surface area (Å²) >= 11 is 0. The van der Waals surface area contributed by atoms with Crippen molar-refractivity contribution < 1.29 is 4.79 Å². The van der Waals surface area contributed by atoms with E-state index in [-0.39, 0.29) is 36.8 Å². The molecule has 1 unspecified atom stereocenters. The first kappa shape index (κ1) is 21.3. The molecule has 116 valence electrons. The lowest BCUT2D eigenvalue weighted by atomic mass is 10.2. The normalized spacial score (nSPS) is 18.5. The quantitative estimate of drug-likeness (QED) is 0.672. The summed E-state index contributed by atoms with van der Waals surface area (Å²) in [6.07, 6.45) is 4.45. The summed E-state index contributed by atoms with van der Waals surface area (Å²) in [4.78, 5) is 14.3. The van der Waals surface area contributed by atoms with E-state index in [1.807, 2.05) is 0 Å². The van der Waals surface area contributed by atoms with Gasteiger partial charge in [0.15, 0.2) is 0 Å². The Balaban J connectivity index is 0. The van der Waals surface area contributed by atoms with Gasteiger partial charge < -0.3 is 10.6 Å². The monoisotopic (exact) mass is 313 g/mol. The molecule has 6 heteroatoms. The van der Waals surface area contributed by atoms with Crippen LogP contribution in [0.4, 0.5) is 0 Å². The number of hydrogen-bond acceptors (Lipinski definition) is 3. The third-order valence-electron chi connectivity index (χ3n) is 3.20. The smallest absolute Gasteiger partial charge is 0.237 e. The Hall–Kier alpha value is -0.0300. The minimum atomic E-state index is 0. The summed E-state index contributed by atoms with van der Waals surface area (Å²) in [7, 11) is 0. The number of carbonyl (C=O) groups excluding carboxylic acids is 1. The Labute approximate surface area is 129 Å². The molecule has 19 heavy (non-hydrogen) atoms. The van der Waals surface area contributed by atoms with E-state index in [0.29, 0.717) is 0 Å². The highest BCUT2D eigenvalue weighted by molar-refractivity contribution is 5.85. The molecular weight excluding hydrogens is 285 g/mol. The van der Waals surface area contributed by atoms with Crippen LogP contribution in [0.15, 0.2) is 0 Å². The number of carbonyl (C=O) groups is 1. The fourth-order valence-corrected chi connectivity index (χ4v) is 2.37. The standard InChI is InChI=1S/C13H27N3O.2ClH/c1-3-7-14-8-9-15-13(17)12-6-5-11-16(12)10-4-2;;/h12,14H,3-11H2,1-2H3,(H,15,17);2*1H. The highest BCUT2D eigenvalue weighted by Crippen LogP contribution is 2.17. The van der Waals surface area contributed by atoms with Crippen LogP contribution in [0.1, 0.15) is 39.5 Å². The molecule has 4 nitrogen and oxygen atoms in total. The number of rotatable bonds is 8. The highest BCUT2D eigenvalue weighted by Gasteiger charge is 2.29. The summed E-state index contributed by atoms with van der Waals surface area (Å²) in [6, 6.07) is 0.126. The largest absolute Gasteiger partial charge is 0.353 e. The van der Waals surface area contributed by atoms with E-state index in [1.165, 1.54) is 0 Å². The van der Waals surface area contributed by atoms with Gasteiger partial charge in [0.1, 0.15) is 0 Å². The molecule has 0 aromatic heterocycles. The molecule has 1 rings (SSSR count). The van der Waals surface area contributed by atoms with Crippen LogP contribution >= 0.6 is 24.8 Å². The van der Waals surface area contributed by atoms with Crippen LogP contribution < -0.4 is 10.6 Å². The van der Waals surface area contributed by atoms with Crippen molar-refractivity contribution in [3.63, 3.8) is 0 Å². The molecule has 0 aromatic rings. The van der Waals surface area contributed by atoms with Crippen molar-refractivity contribution in [1.29, 1.82) is 0 Å². The van der Waals surface area contributed by atoms with E-state index in [1.54, 1.807) is 0 Å². The highest BCUT2D eigenvalue weighted by atomic mass is 35.5. The van der Waals surface area contributed by atoms with E-state index in [9.17, 15) is 4.79 Å². The van der Waals surface area contributed by atoms with E-state index in [0.717, 1.165) is 58.4 Å². The third kappa shape index (κ3) is 7.98. The number of likely N-dealkylation sites (tertiary alicyclic amines) is 1. The zero-order chi connectivity index (χ0) is 12.5. The third-order valence-corrected chi connectivity index (χ3v) is 3.20. The number of amides is 1. The average Bonchev–Trinajstić information content (AvgIpc) is 2.77. The molecule has 0 bridgehead atoms. The molecule has 0 aliphatic carbocycles. The fraction of sp³-hybridized carbons (Fsp3) is 0.923. The Morgan fingerprint density at radius 1 is 1.16 bits per heavy atom. The van der Waals surface area contributed by atoms with Crippen LogP contribution in [0.25, 0.3) is 0 Å². The predicted octanol–water partition coefficient (Wildman–Crippen LogP) is 1.82. The number of halogens is 2. The molecule has 1 aliphatic rings. The van der Waals surface area contributed by atoms with Gasteiger partial charge in [-0.1, -0.05) is 13.8 Å². The Morgan fingerprint density at radius 3 is 2.53 bits per heavy atom. The Bertz CT molecular complexity index is 230. The van der Waals surface area contributed by atoms with Crippen molar-refractivity contribution in [1.82, 2.24) is 15.5 Å². The van der Waals surface area contributed by atoms with E-state index in [2.05, 4.69) is 29.4 Å². The van der Waals surface area contributed by atoms with Crippen LogP contribution in [0, 0.1) is 0 Å². The Kier molecular flexibility index (Phi) is 14.5. The summed E-state index contributed by atoms with van der Waals surface area (Å²) < 4.78 is 0. The van der Waals surface area contributed by atoms with Gasteiger partial charge in [-0.2, -0.15) is 0 Å². The summed E-state index contributed by atoms with van der Waals surface area (Å²) in [5.74, 6) is 0.217. The minimum absolute atomic E-state index is 0. The maximum atomic E-state index is 12.0. The van der Waals surface area contributed by atoms with Gasteiger partial charge in [0, 0.05) is 13.1 Å². The number of nitrogens with one attached hydrogen (secondary N) is 2. The molecule has 0 radical (unpaired) electrons. The molecule has 1 atom stereocenters. The van der Waals surface area contributed by atoms with Gasteiger partial charge in [-0.25, -0.2) is 0 Å². The summed E-state index contributed by atoms with van der Waals surface area (Å²) in [5, 5.41) is 6.32. The van der Waals surface area contributed by atoms with E-state index >= 15 is 0 Å². The molecule has 2 N–H and O–H groups in total. The van der Waals surface area contributed by atoms with E-state index < -0.39 is 0 Å². The molecule has 1 heterocycles. The first-order valence-corrected chi connectivity index (χ1v) is 7.02. The molecular formula is C13H29Cl2N3O. The fourth-order valence-electron chi connectivity index (χ4n) is 2.37. The maximum Gasteiger partial charge on any atom is 0.237 e. The van der Waals surface area contributed by atoms with E-state index in [4.69, 9.17) is 0 Å². The van der Waals surface area contributed by atoms with Crippen LogP contribution in [0.3, 0.4) is 0 Å². The van der Waals surface area contributed by atoms with Gasteiger partial charge >= 0.3 is 0 Å². The lowest BCUT2D eigenvalue weighted by Gasteiger charge is -2.22. The van der Waals surface area contributed by atoms with Crippen molar-refractivity contribution >= 4 is 30.7 Å². The SMILES string of the molecule is CCCNCCNC(=O)C1CCCN1CCC.Cl.Cl. The zero-order valence-electron chi connectivity index (χ0n) is 12.1. The topological polar surface area (TPSA) is 44.4 Å². The number of nitrogens with zero attached hydrogens (tertiary/aromatic N) is 1. The van der Waals surface area contributed by atoms with Gasteiger partial charge in [0.05, 0.1) is 6.04 Å². The molecule has 1 fully saturated rings. The van der Waals surface area contributed by atoms with Gasteiger partial charge in [0.25, 0.3) is 0 Å². The van der Waals surface area contributed by atoms with Crippen LogP contribution in [0.2, 0.25) is 0 Å². The molecule has 1 saturated heterocycles. The zero-order valence-corrected chi connectivity index (χ0v) is 13.7. The molecule has 1 amide bonds. The number of hydrogen-bond donors (Lipinski definition) is 2. The molecule has 0 spiro atoms. The first-order chi connectivity index (χ1) is 8.29. The minimum Gasteiger partial charge on any atom is -0.353 e. The summed E-state index contributed by atoms with van der Waals surface area (Å²) in [5.41, 5.74) is 0. The average molecular weight is 314 g/mol. The van der Waals surface area contributed by atoms with Crippen molar-refractivity contribution in [2.75, 3.05) is 32.7 Å². The molecule has 1 aliphatic heterocycles. The lowest BCUT2D eigenvalue weighted by molar-refractivity contribution is -0.125.